The summed E-state index contributed by atoms with van der Waals surface area (Å²) in [6.45, 7) is 3.05. The van der Waals surface area contributed by atoms with Crippen LogP contribution in [-0.2, 0) is 6.54 Å². The van der Waals surface area contributed by atoms with Gasteiger partial charge in [-0.25, -0.2) is 4.39 Å². The van der Waals surface area contributed by atoms with Crippen molar-refractivity contribution in [2.45, 2.75) is 25.4 Å². The van der Waals surface area contributed by atoms with Gasteiger partial charge >= 0.3 is 0 Å². The van der Waals surface area contributed by atoms with Gasteiger partial charge in [0.25, 0.3) is 0 Å². The molecule has 166 valence electrons. The lowest BCUT2D eigenvalue weighted by molar-refractivity contribution is 0.245. The molecule has 0 amide bonds. The van der Waals surface area contributed by atoms with E-state index < -0.39 is 0 Å². The molecule has 2 N–H and O–H groups in total. The fourth-order valence-corrected chi connectivity index (χ4v) is 3.71. The van der Waals surface area contributed by atoms with Crippen molar-refractivity contribution in [3.8, 4) is 11.8 Å². The van der Waals surface area contributed by atoms with Gasteiger partial charge in [-0.3, -0.25) is 9.89 Å². The van der Waals surface area contributed by atoms with Crippen LogP contribution in [0.1, 0.15) is 35.6 Å². The van der Waals surface area contributed by atoms with Gasteiger partial charge in [-0.05, 0) is 61.8 Å². The van der Waals surface area contributed by atoms with Crippen molar-refractivity contribution in [1.29, 1.82) is 5.26 Å². The topological polar surface area (TPSA) is 72.7 Å². The summed E-state index contributed by atoms with van der Waals surface area (Å²) in [5.74, 6) is 1.09. The Balaban J connectivity index is 0.00000341. The average Bonchev–Trinajstić information content (AvgIpc) is 3.32. The maximum Gasteiger partial charge on any atom is 0.191 e. The molecule has 1 heterocycles. The Morgan fingerprint density at radius 1 is 1.19 bits per heavy atom. The smallest absolute Gasteiger partial charge is 0.191 e. The SMILES string of the molecule is CN=C(NCc1cc(C#N)ccc1F)NCC(c1ccc(OC)cc1)N1CCCC1.I. The van der Waals surface area contributed by atoms with E-state index >= 15 is 0 Å². The number of nitrogens with one attached hydrogen (secondary N) is 2. The summed E-state index contributed by atoms with van der Waals surface area (Å²) < 4.78 is 19.3. The van der Waals surface area contributed by atoms with Crippen LogP contribution in [-0.4, -0.2) is 44.7 Å². The summed E-state index contributed by atoms with van der Waals surface area (Å²) in [5.41, 5.74) is 2.08. The number of hydrogen-bond donors (Lipinski definition) is 2. The number of aliphatic imine (C=N–C) groups is 1. The molecule has 8 heteroatoms. The van der Waals surface area contributed by atoms with E-state index in [1.54, 1.807) is 20.2 Å². The van der Waals surface area contributed by atoms with Crippen LogP contribution in [0.3, 0.4) is 0 Å². The lowest BCUT2D eigenvalue weighted by atomic mass is 10.1. The minimum absolute atomic E-state index is 0. The van der Waals surface area contributed by atoms with Crippen molar-refractivity contribution in [2.75, 3.05) is 33.8 Å². The highest BCUT2D eigenvalue weighted by atomic mass is 127. The number of guanidine groups is 1. The first-order valence-electron chi connectivity index (χ1n) is 10.2. The molecule has 0 radical (unpaired) electrons. The number of likely N-dealkylation sites (tertiary alicyclic amines) is 1. The molecule has 2 aromatic carbocycles. The number of methoxy groups -OCH3 is 1. The zero-order chi connectivity index (χ0) is 21.3. The third-order valence-electron chi connectivity index (χ3n) is 5.39. The normalized spacial score (nSPS) is 15.0. The van der Waals surface area contributed by atoms with Gasteiger partial charge in [-0.15, -0.1) is 24.0 Å². The first-order chi connectivity index (χ1) is 14.6. The van der Waals surface area contributed by atoms with E-state index in [-0.39, 0.29) is 42.4 Å². The van der Waals surface area contributed by atoms with Gasteiger partial charge in [0.1, 0.15) is 11.6 Å². The molecule has 3 rings (SSSR count). The highest BCUT2D eigenvalue weighted by molar-refractivity contribution is 14.0. The number of nitrogens with zero attached hydrogens (tertiary/aromatic N) is 3. The minimum atomic E-state index is -0.342. The van der Waals surface area contributed by atoms with Gasteiger partial charge in [0.05, 0.1) is 24.8 Å². The number of halogens is 2. The van der Waals surface area contributed by atoms with Crippen molar-refractivity contribution < 1.29 is 9.13 Å². The largest absolute Gasteiger partial charge is 0.497 e. The Bertz CT molecular complexity index is 907. The van der Waals surface area contributed by atoms with Crippen LogP contribution >= 0.6 is 24.0 Å². The van der Waals surface area contributed by atoms with E-state index in [2.05, 4.69) is 32.7 Å². The summed E-state index contributed by atoms with van der Waals surface area (Å²) in [6, 6.07) is 14.8. The molecule has 6 nitrogen and oxygen atoms in total. The molecule has 1 fully saturated rings. The van der Waals surface area contributed by atoms with Crippen molar-refractivity contribution in [2.24, 2.45) is 4.99 Å². The standard InChI is InChI=1S/C23H28FN5O.HI/c1-26-23(27-15-19-13-17(14-25)5-10-21(19)24)28-16-22(29-11-3-4-12-29)18-6-8-20(30-2)9-7-18;/h5-10,13,22H,3-4,11-12,15-16H2,1-2H3,(H2,26,27,28);1H. The van der Waals surface area contributed by atoms with Crippen LogP contribution in [0, 0.1) is 17.1 Å². The second-order valence-electron chi connectivity index (χ2n) is 7.26. The molecular weight excluding hydrogens is 508 g/mol. The van der Waals surface area contributed by atoms with Crippen molar-refractivity contribution in [1.82, 2.24) is 15.5 Å². The zero-order valence-corrected chi connectivity index (χ0v) is 20.2. The van der Waals surface area contributed by atoms with Gasteiger partial charge in [0.15, 0.2) is 5.96 Å². The number of hydrogen-bond acceptors (Lipinski definition) is 4. The van der Waals surface area contributed by atoms with Crippen LogP contribution in [0.15, 0.2) is 47.5 Å². The Labute approximate surface area is 200 Å². The predicted octanol–water partition coefficient (Wildman–Crippen LogP) is 3.83. The van der Waals surface area contributed by atoms with Crippen LogP contribution in [0.4, 0.5) is 4.39 Å². The number of nitriles is 1. The lowest BCUT2D eigenvalue weighted by Crippen LogP contribution is -2.42. The first kappa shape index (κ1) is 24.9. The molecular formula is C23H29FIN5O. The van der Waals surface area contributed by atoms with Gasteiger partial charge in [-0.1, -0.05) is 12.1 Å². The van der Waals surface area contributed by atoms with E-state index in [1.807, 2.05) is 18.2 Å². The van der Waals surface area contributed by atoms with Gasteiger partial charge in [-0.2, -0.15) is 5.26 Å². The van der Waals surface area contributed by atoms with Crippen LogP contribution < -0.4 is 15.4 Å². The van der Waals surface area contributed by atoms with Crippen molar-refractivity contribution >= 4 is 29.9 Å². The van der Waals surface area contributed by atoms with Gasteiger partial charge < -0.3 is 15.4 Å². The van der Waals surface area contributed by atoms with Crippen LogP contribution in [0.5, 0.6) is 5.75 Å². The Hall–Kier alpha value is -2.38. The summed E-state index contributed by atoms with van der Waals surface area (Å²) in [4.78, 5) is 6.73. The molecule has 1 unspecified atom stereocenters. The lowest BCUT2D eigenvalue weighted by Gasteiger charge is -2.29. The second-order valence-corrected chi connectivity index (χ2v) is 7.26. The summed E-state index contributed by atoms with van der Waals surface area (Å²) in [7, 11) is 3.36. The highest BCUT2D eigenvalue weighted by Crippen LogP contribution is 2.26. The molecule has 0 aromatic heterocycles. The molecule has 31 heavy (non-hydrogen) atoms. The van der Waals surface area contributed by atoms with Crippen LogP contribution in [0.25, 0.3) is 0 Å². The monoisotopic (exact) mass is 537 g/mol. The fraction of sp³-hybridized carbons (Fsp3) is 0.391. The quantitative estimate of drug-likeness (QED) is 0.319. The van der Waals surface area contributed by atoms with E-state index in [9.17, 15) is 4.39 Å². The van der Waals surface area contributed by atoms with Gasteiger partial charge in [0, 0.05) is 25.7 Å². The fourth-order valence-electron chi connectivity index (χ4n) is 3.71. The molecule has 2 aromatic rings. The minimum Gasteiger partial charge on any atom is -0.497 e. The predicted molar refractivity (Wildman–Crippen MR) is 131 cm³/mol. The summed E-state index contributed by atoms with van der Waals surface area (Å²) >= 11 is 0. The van der Waals surface area contributed by atoms with E-state index in [1.165, 1.54) is 30.5 Å². The van der Waals surface area contributed by atoms with Crippen molar-refractivity contribution in [3.05, 3.63) is 65.0 Å². The molecule has 0 spiro atoms. The number of ether oxygens (including phenoxy) is 1. The molecule has 1 saturated heterocycles. The maximum absolute atomic E-state index is 14.0. The molecule has 1 aliphatic rings. The van der Waals surface area contributed by atoms with E-state index in [4.69, 9.17) is 10.00 Å². The molecule has 0 saturated carbocycles. The zero-order valence-electron chi connectivity index (χ0n) is 17.9. The Morgan fingerprint density at radius 2 is 1.90 bits per heavy atom. The Kier molecular flexibility index (Phi) is 10.0. The highest BCUT2D eigenvalue weighted by Gasteiger charge is 2.23. The van der Waals surface area contributed by atoms with Crippen LogP contribution in [0.2, 0.25) is 0 Å². The Morgan fingerprint density at radius 3 is 2.52 bits per heavy atom. The van der Waals surface area contributed by atoms with E-state index in [0.29, 0.717) is 23.6 Å². The second kappa shape index (κ2) is 12.5. The molecule has 0 aliphatic carbocycles. The first-order valence-corrected chi connectivity index (χ1v) is 10.2. The third kappa shape index (κ3) is 6.80. The molecule has 0 bridgehead atoms. The summed E-state index contributed by atoms with van der Waals surface area (Å²) in [6.07, 6.45) is 2.41. The maximum atomic E-state index is 14.0. The molecule has 1 atom stereocenters. The molecule has 1 aliphatic heterocycles. The third-order valence-corrected chi connectivity index (χ3v) is 5.39. The van der Waals surface area contributed by atoms with E-state index in [0.717, 1.165) is 18.8 Å². The van der Waals surface area contributed by atoms with Crippen molar-refractivity contribution in [3.63, 3.8) is 0 Å². The van der Waals surface area contributed by atoms with Gasteiger partial charge in [0.2, 0.25) is 0 Å². The average molecular weight is 537 g/mol. The number of benzene rings is 2. The number of rotatable bonds is 7. The summed E-state index contributed by atoms with van der Waals surface area (Å²) in [5, 5.41) is 15.5.